The minimum absolute atomic E-state index is 0.0649. The van der Waals surface area contributed by atoms with Crippen molar-refractivity contribution in [1.82, 2.24) is 0 Å². The van der Waals surface area contributed by atoms with Crippen molar-refractivity contribution in [2.75, 3.05) is 13.2 Å². The van der Waals surface area contributed by atoms with Crippen LogP contribution in [0.1, 0.15) is 361 Å². The smallest absolute Gasteiger partial charge is 0.306 e. The predicted octanol–water partition coefficient (Wildman–Crippen LogP) is 22.9. The SMILES string of the molecule is CC/C=C\C/C=C\C/C=C\C/C=C\CCCCCCCCCCCCCCCCCCCCCCC(=O)OCC(COC(=O)CCCCCCCCCCCCCC)OC(=O)CCCCCCCCCCCCCCC. The molecule has 76 heavy (non-hydrogen) atoms. The largest absolute Gasteiger partial charge is 0.462 e. The van der Waals surface area contributed by atoms with Gasteiger partial charge in [-0.2, -0.15) is 0 Å². The van der Waals surface area contributed by atoms with Gasteiger partial charge in [-0.05, 0) is 57.8 Å². The van der Waals surface area contributed by atoms with Gasteiger partial charge in [-0.3, -0.25) is 14.4 Å². The molecule has 0 aliphatic carbocycles. The molecular formula is C70H128O6. The zero-order chi connectivity index (χ0) is 55.0. The molecule has 0 aliphatic rings. The second-order valence-electron chi connectivity index (χ2n) is 22.7. The van der Waals surface area contributed by atoms with Gasteiger partial charge in [-0.25, -0.2) is 0 Å². The monoisotopic (exact) mass is 1060 g/mol. The fourth-order valence-electron chi connectivity index (χ4n) is 10.1. The summed E-state index contributed by atoms with van der Waals surface area (Å²) in [5.74, 6) is -0.840. The molecule has 0 bridgehead atoms. The fraction of sp³-hybridized carbons (Fsp3) is 0.843. The molecule has 0 rings (SSSR count). The molecule has 444 valence electrons. The van der Waals surface area contributed by atoms with Crippen LogP contribution >= 0.6 is 0 Å². The first-order valence-electron chi connectivity index (χ1n) is 33.6. The van der Waals surface area contributed by atoms with Crippen molar-refractivity contribution in [3.63, 3.8) is 0 Å². The van der Waals surface area contributed by atoms with Crippen LogP contribution in [0, 0.1) is 0 Å². The number of allylic oxidation sites excluding steroid dienone is 8. The first kappa shape index (κ1) is 73.4. The Morgan fingerprint density at radius 2 is 0.513 bits per heavy atom. The summed E-state index contributed by atoms with van der Waals surface area (Å²) in [6.45, 7) is 6.58. The normalized spacial score (nSPS) is 12.3. The van der Waals surface area contributed by atoms with Gasteiger partial charge in [-0.15, -0.1) is 0 Å². The van der Waals surface area contributed by atoms with Crippen molar-refractivity contribution in [3.8, 4) is 0 Å². The van der Waals surface area contributed by atoms with Crippen LogP contribution in [0.25, 0.3) is 0 Å². The standard InChI is InChI=1S/C70H128O6/c1-4-7-10-13-16-19-22-25-26-27-28-29-30-31-32-33-34-35-36-37-38-39-40-41-42-43-44-46-48-51-54-57-60-63-69(72)75-66-67(65-74-68(71)62-59-56-53-50-47-24-21-18-15-12-9-6-3)76-70(73)64-61-58-55-52-49-45-23-20-17-14-11-8-5-2/h7,10,16,19,25-26,28-29,67H,4-6,8-9,11-15,17-18,20-24,27,30-66H2,1-3H3/b10-7-,19-16-,26-25-,29-28-. The lowest BCUT2D eigenvalue weighted by Gasteiger charge is -2.18. The molecule has 1 unspecified atom stereocenters. The van der Waals surface area contributed by atoms with Crippen LogP contribution in [0.5, 0.6) is 0 Å². The Morgan fingerprint density at radius 3 is 0.803 bits per heavy atom. The van der Waals surface area contributed by atoms with Gasteiger partial charge in [0.1, 0.15) is 13.2 Å². The van der Waals surface area contributed by atoms with E-state index >= 15 is 0 Å². The summed E-state index contributed by atoms with van der Waals surface area (Å²) in [6.07, 6.45) is 81.5. The average molecular weight is 1070 g/mol. The number of carbonyl (C=O) groups is 3. The summed E-state index contributed by atoms with van der Waals surface area (Å²) in [7, 11) is 0. The molecule has 0 fully saturated rings. The zero-order valence-corrected chi connectivity index (χ0v) is 51.0. The first-order chi connectivity index (χ1) is 37.5. The van der Waals surface area contributed by atoms with Gasteiger partial charge in [-0.1, -0.05) is 333 Å². The van der Waals surface area contributed by atoms with Gasteiger partial charge in [0.25, 0.3) is 0 Å². The van der Waals surface area contributed by atoms with Crippen molar-refractivity contribution in [2.24, 2.45) is 0 Å². The van der Waals surface area contributed by atoms with E-state index in [2.05, 4.69) is 69.4 Å². The molecule has 6 nitrogen and oxygen atoms in total. The molecule has 0 aliphatic heterocycles. The highest BCUT2D eigenvalue weighted by Crippen LogP contribution is 2.18. The lowest BCUT2D eigenvalue weighted by atomic mass is 10.0. The highest BCUT2D eigenvalue weighted by molar-refractivity contribution is 5.71. The Morgan fingerprint density at radius 1 is 0.276 bits per heavy atom. The van der Waals surface area contributed by atoms with Crippen molar-refractivity contribution >= 4 is 17.9 Å². The van der Waals surface area contributed by atoms with Crippen molar-refractivity contribution in [1.29, 1.82) is 0 Å². The maximum absolute atomic E-state index is 12.9. The molecule has 0 saturated heterocycles. The van der Waals surface area contributed by atoms with Gasteiger partial charge in [0.05, 0.1) is 0 Å². The quantitative estimate of drug-likeness (QED) is 0.0261. The van der Waals surface area contributed by atoms with E-state index in [-0.39, 0.29) is 31.1 Å². The number of carbonyl (C=O) groups excluding carboxylic acids is 3. The highest BCUT2D eigenvalue weighted by Gasteiger charge is 2.19. The maximum atomic E-state index is 12.9. The van der Waals surface area contributed by atoms with E-state index in [1.807, 2.05) is 0 Å². The van der Waals surface area contributed by atoms with Crippen molar-refractivity contribution < 1.29 is 28.6 Å². The topological polar surface area (TPSA) is 78.9 Å². The Balaban J connectivity index is 4.04. The van der Waals surface area contributed by atoms with Crippen LogP contribution in [-0.2, 0) is 28.6 Å². The Bertz CT molecular complexity index is 1310. The van der Waals surface area contributed by atoms with Gasteiger partial charge >= 0.3 is 17.9 Å². The molecule has 0 radical (unpaired) electrons. The number of unbranched alkanes of at least 4 members (excludes halogenated alkanes) is 43. The van der Waals surface area contributed by atoms with Crippen LogP contribution in [0.15, 0.2) is 48.6 Å². The molecule has 0 aromatic rings. The Kier molecular flexibility index (Phi) is 62.6. The third-order valence-corrected chi connectivity index (χ3v) is 15.1. The molecule has 0 amide bonds. The summed E-state index contributed by atoms with van der Waals surface area (Å²) in [4.78, 5) is 38.2. The van der Waals surface area contributed by atoms with E-state index < -0.39 is 6.10 Å². The summed E-state index contributed by atoms with van der Waals surface area (Å²) in [6, 6.07) is 0. The molecule has 0 N–H and O–H groups in total. The molecular weight excluding hydrogens is 937 g/mol. The molecule has 0 aromatic heterocycles. The number of hydrogen-bond acceptors (Lipinski definition) is 6. The van der Waals surface area contributed by atoms with E-state index in [0.717, 1.165) is 83.5 Å². The Hall–Kier alpha value is -2.63. The first-order valence-corrected chi connectivity index (χ1v) is 33.6. The van der Waals surface area contributed by atoms with Gasteiger partial charge in [0, 0.05) is 19.3 Å². The van der Waals surface area contributed by atoms with E-state index in [4.69, 9.17) is 14.2 Å². The molecule has 6 heteroatoms. The lowest BCUT2D eigenvalue weighted by Crippen LogP contribution is -2.30. The predicted molar refractivity (Wildman–Crippen MR) is 330 cm³/mol. The summed E-state index contributed by atoms with van der Waals surface area (Å²) in [5, 5.41) is 0. The summed E-state index contributed by atoms with van der Waals surface area (Å²) in [5.41, 5.74) is 0. The van der Waals surface area contributed by atoms with Crippen molar-refractivity contribution in [3.05, 3.63) is 48.6 Å². The summed E-state index contributed by atoms with van der Waals surface area (Å²) >= 11 is 0. The number of hydrogen-bond donors (Lipinski definition) is 0. The van der Waals surface area contributed by atoms with E-state index in [9.17, 15) is 14.4 Å². The average Bonchev–Trinajstić information content (AvgIpc) is 3.42. The van der Waals surface area contributed by atoms with Crippen LogP contribution in [0.2, 0.25) is 0 Å². The third kappa shape index (κ3) is 62.2. The summed E-state index contributed by atoms with van der Waals surface area (Å²) < 4.78 is 16.9. The molecule has 0 saturated carbocycles. The van der Waals surface area contributed by atoms with Gasteiger partial charge < -0.3 is 14.2 Å². The molecule has 0 aromatic carbocycles. The van der Waals surface area contributed by atoms with Crippen molar-refractivity contribution in [2.45, 2.75) is 367 Å². The maximum Gasteiger partial charge on any atom is 0.306 e. The van der Waals surface area contributed by atoms with E-state index in [1.54, 1.807) is 0 Å². The number of rotatable bonds is 62. The van der Waals surface area contributed by atoms with Crippen LogP contribution in [-0.4, -0.2) is 37.2 Å². The molecule has 1 atom stereocenters. The lowest BCUT2D eigenvalue weighted by molar-refractivity contribution is -0.167. The van der Waals surface area contributed by atoms with Crippen LogP contribution < -0.4 is 0 Å². The Labute approximate surface area is 473 Å². The molecule has 0 spiro atoms. The zero-order valence-electron chi connectivity index (χ0n) is 51.0. The highest BCUT2D eigenvalue weighted by atomic mass is 16.6. The molecule has 0 heterocycles. The minimum Gasteiger partial charge on any atom is -0.462 e. The fourth-order valence-corrected chi connectivity index (χ4v) is 10.1. The van der Waals surface area contributed by atoms with Gasteiger partial charge in [0.2, 0.25) is 0 Å². The number of ether oxygens (including phenoxy) is 3. The third-order valence-electron chi connectivity index (χ3n) is 15.1. The van der Waals surface area contributed by atoms with Crippen LogP contribution in [0.3, 0.4) is 0 Å². The second-order valence-corrected chi connectivity index (χ2v) is 22.7. The van der Waals surface area contributed by atoms with Crippen LogP contribution in [0.4, 0.5) is 0 Å². The van der Waals surface area contributed by atoms with E-state index in [0.29, 0.717) is 19.3 Å². The number of esters is 3. The minimum atomic E-state index is -0.766. The van der Waals surface area contributed by atoms with E-state index in [1.165, 1.54) is 238 Å². The second kappa shape index (κ2) is 64.9. The van der Waals surface area contributed by atoms with Gasteiger partial charge in [0.15, 0.2) is 6.10 Å².